The van der Waals surface area contributed by atoms with Crippen LogP contribution >= 0.6 is 0 Å². The van der Waals surface area contributed by atoms with E-state index in [2.05, 4.69) is 9.98 Å². The largest absolute Gasteiger partial charge is 0.293 e. The highest BCUT2D eigenvalue weighted by Crippen LogP contribution is 2.20. The summed E-state index contributed by atoms with van der Waals surface area (Å²) in [6, 6.07) is 13.0. The quantitative estimate of drug-likeness (QED) is 0.291. The number of hydrogen-bond donors (Lipinski definition) is 0. The molecule has 8 heteroatoms. The third kappa shape index (κ3) is 7.77. The summed E-state index contributed by atoms with van der Waals surface area (Å²) in [7, 11) is 0. The molecule has 0 aromatic heterocycles. The Kier molecular flexibility index (Phi) is 8.51. The van der Waals surface area contributed by atoms with Gasteiger partial charge in [0.1, 0.15) is 0 Å². The predicted molar refractivity (Wildman–Crippen MR) is 125 cm³/mol. The first-order chi connectivity index (χ1) is 14.8. The number of benzene rings is 2. The third-order valence-corrected chi connectivity index (χ3v) is 4.24. The zero-order chi connectivity index (χ0) is 22.7. The number of rotatable bonds is 10. The highest BCUT2D eigenvalue weighted by atomic mass is 16.6. The molecule has 2 aromatic carbocycles. The summed E-state index contributed by atoms with van der Waals surface area (Å²) in [5.41, 5.74) is 0.958. The number of nitrogens with zero attached hydrogens (tertiary/aromatic N) is 4. The molecule has 0 bridgehead atoms. The van der Waals surface area contributed by atoms with E-state index in [1.54, 1.807) is 73.1 Å². The lowest BCUT2D eigenvalue weighted by Gasteiger charge is -2.18. The van der Waals surface area contributed by atoms with Gasteiger partial charge in [0.2, 0.25) is 0 Å². The van der Waals surface area contributed by atoms with E-state index in [4.69, 9.17) is 0 Å². The van der Waals surface area contributed by atoms with Crippen LogP contribution in [0.2, 0.25) is 0 Å². The van der Waals surface area contributed by atoms with Gasteiger partial charge in [0, 0.05) is 43.1 Å². The molecule has 0 saturated heterocycles. The Morgan fingerprint density at radius 2 is 1.16 bits per heavy atom. The SMILES string of the molecule is CC(C)(CN=C/C=C/c1ccccc1[N+](=O)[O-])CN=C/C=C/c1ccccc1[N+](=O)[O-]. The van der Waals surface area contributed by atoms with E-state index >= 15 is 0 Å². The molecule has 0 heterocycles. The van der Waals surface area contributed by atoms with Crippen molar-refractivity contribution >= 4 is 36.0 Å². The van der Waals surface area contributed by atoms with Crippen molar-refractivity contribution in [3.05, 3.63) is 92.0 Å². The van der Waals surface area contributed by atoms with Crippen molar-refractivity contribution in [2.24, 2.45) is 15.4 Å². The highest BCUT2D eigenvalue weighted by molar-refractivity contribution is 5.80. The van der Waals surface area contributed by atoms with Gasteiger partial charge in [0.25, 0.3) is 11.4 Å². The molecule has 0 fully saturated rings. The van der Waals surface area contributed by atoms with Gasteiger partial charge in [-0.25, -0.2) is 0 Å². The molecule has 0 atom stereocenters. The normalized spacial score (nSPS) is 12.5. The second-order valence-electron chi connectivity index (χ2n) is 7.49. The molecule has 160 valence electrons. The van der Waals surface area contributed by atoms with Crippen molar-refractivity contribution in [3.8, 4) is 0 Å². The average Bonchev–Trinajstić information content (AvgIpc) is 2.73. The van der Waals surface area contributed by atoms with Crippen molar-refractivity contribution in [1.29, 1.82) is 0 Å². The minimum atomic E-state index is -0.414. The van der Waals surface area contributed by atoms with Crippen LogP contribution in [-0.4, -0.2) is 35.4 Å². The van der Waals surface area contributed by atoms with Crippen molar-refractivity contribution in [1.82, 2.24) is 0 Å². The molecular weight excluding hydrogens is 396 g/mol. The Bertz CT molecular complexity index is 958. The van der Waals surface area contributed by atoms with Crippen molar-refractivity contribution in [2.45, 2.75) is 13.8 Å². The van der Waals surface area contributed by atoms with Gasteiger partial charge in [0.15, 0.2) is 0 Å². The van der Waals surface area contributed by atoms with Crippen LogP contribution in [0.25, 0.3) is 12.2 Å². The molecular formula is C23H24N4O4. The average molecular weight is 420 g/mol. The Labute approximate surface area is 180 Å². The molecule has 8 nitrogen and oxygen atoms in total. The Hall–Kier alpha value is -3.94. The number of nitro benzene ring substituents is 2. The first-order valence-electron chi connectivity index (χ1n) is 9.60. The first-order valence-corrected chi connectivity index (χ1v) is 9.60. The van der Waals surface area contributed by atoms with Crippen LogP contribution in [0.3, 0.4) is 0 Å². The molecule has 0 aliphatic heterocycles. The van der Waals surface area contributed by atoms with Crippen LogP contribution in [0.15, 0.2) is 70.7 Å². The molecule has 0 amide bonds. The van der Waals surface area contributed by atoms with Gasteiger partial charge in [-0.2, -0.15) is 0 Å². The molecule has 0 N–H and O–H groups in total. The molecule has 0 saturated carbocycles. The lowest BCUT2D eigenvalue weighted by atomic mass is 9.94. The summed E-state index contributed by atoms with van der Waals surface area (Å²) < 4.78 is 0. The van der Waals surface area contributed by atoms with E-state index in [1.165, 1.54) is 12.1 Å². The van der Waals surface area contributed by atoms with E-state index < -0.39 is 9.85 Å². The number of nitro groups is 2. The fourth-order valence-electron chi connectivity index (χ4n) is 2.65. The van der Waals surface area contributed by atoms with Crippen LogP contribution in [0.5, 0.6) is 0 Å². The smallest absolute Gasteiger partial charge is 0.276 e. The zero-order valence-corrected chi connectivity index (χ0v) is 17.4. The van der Waals surface area contributed by atoms with Crippen LogP contribution in [0.4, 0.5) is 11.4 Å². The van der Waals surface area contributed by atoms with Crippen molar-refractivity contribution in [3.63, 3.8) is 0 Å². The summed E-state index contributed by atoms with van der Waals surface area (Å²) in [4.78, 5) is 29.9. The summed E-state index contributed by atoms with van der Waals surface area (Å²) >= 11 is 0. The van der Waals surface area contributed by atoms with E-state index in [0.29, 0.717) is 24.2 Å². The number of para-hydroxylation sites is 2. The van der Waals surface area contributed by atoms with Crippen molar-refractivity contribution < 1.29 is 9.85 Å². The van der Waals surface area contributed by atoms with Crippen LogP contribution in [-0.2, 0) is 0 Å². The van der Waals surface area contributed by atoms with Gasteiger partial charge >= 0.3 is 0 Å². The molecule has 0 aliphatic carbocycles. The number of hydrogen-bond acceptors (Lipinski definition) is 6. The monoisotopic (exact) mass is 420 g/mol. The third-order valence-electron chi connectivity index (χ3n) is 4.24. The molecule has 31 heavy (non-hydrogen) atoms. The number of allylic oxidation sites excluding steroid dienone is 2. The minimum Gasteiger partial charge on any atom is -0.293 e. The van der Waals surface area contributed by atoms with E-state index in [1.807, 2.05) is 13.8 Å². The maximum atomic E-state index is 11.0. The molecule has 0 spiro atoms. The maximum absolute atomic E-state index is 11.0. The standard InChI is InChI=1S/C23H24N4O4/c1-23(2,17-24-15-7-11-19-9-3-5-13-21(19)26(28)29)18-25-16-8-12-20-10-4-6-14-22(20)27(30)31/h3-16H,17-18H2,1-2H3/b11-7+,12-8+,24-15?,25-16?. The summed E-state index contributed by atoms with van der Waals surface area (Å²) in [5.74, 6) is 0. The van der Waals surface area contributed by atoms with Gasteiger partial charge in [-0.05, 0) is 36.4 Å². The van der Waals surface area contributed by atoms with Gasteiger partial charge in [-0.1, -0.05) is 38.1 Å². The highest BCUT2D eigenvalue weighted by Gasteiger charge is 2.15. The Morgan fingerprint density at radius 3 is 1.55 bits per heavy atom. The Morgan fingerprint density at radius 1 is 0.774 bits per heavy atom. The fraction of sp³-hybridized carbons (Fsp3) is 0.217. The van der Waals surface area contributed by atoms with E-state index in [-0.39, 0.29) is 16.8 Å². The van der Waals surface area contributed by atoms with Crippen molar-refractivity contribution in [2.75, 3.05) is 13.1 Å². The van der Waals surface area contributed by atoms with E-state index in [9.17, 15) is 20.2 Å². The van der Waals surface area contributed by atoms with Crippen LogP contribution < -0.4 is 0 Å². The van der Waals surface area contributed by atoms with Crippen LogP contribution in [0, 0.1) is 25.6 Å². The summed E-state index contributed by atoms with van der Waals surface area (Å²) in [6.45, 7) is 5.11. The molecule has 0 unspecified atom stereocenters. The maximum Gasteiger partial charge on any atom is 0.276 e. The van der Waals surface area contributed by atoms with Gasteiger partial charge < -0.3 is 0 Å². The van der Waals surface area contributed by atoms with Gasteiger partial charge in [-0.15, -0.1) is 0 Å². The molecule has 2 aromatic rings. The fourth-order valence-corrected chi connectivity index (χ4v) is 2.65. The lowest BCUT2D eigenvalue weighted by molar-refractivity contribution is -0.385. The molecule has 0 radical (unpaired) electrons. The lowest BCUT2D eigenvalue weighted by Crippen LogP contribution is -2.19. The van der Waals surface area contributed by atoms with Crippen LogP contribution in [0.1, 0.15) is 25.0 Å². The molecule has 2 rings (SSSR count). The second kappa shape index (κ2) is 11.3. The molecule has 0 aliphatic rings. The number of aliphatic imine (C=N–C) groups is 2. The zero-order valence-electron chi connectivity index (χ0n) is 17.4. The minimum absolute atomic E-state index is 0.0516. The predicted octanol–water partition coefficient (Wildman–Crippen LogP) is 5.40. The first kappa shape index (κ1) is 23.3. The summed E-state index contributed by atoms with van der Waals surface area (Å²) in [5, 5.41) is 22.0. The van der Waals surface area contributed by atoms with Gasteiger partial charge in [0.05, 0.1) is 21.0 Å². The Balaban J connectivity index is 1.87. The van der Waals surface area contributed by atoms with E-state index in [0.717, 1.165) is 0 Å². The topological polar surface area (TPSA) is 111 Å². The second-order valence-corrected chi connectivity index (χ2v) is 7.49. The van der Waals surface area contributed by atoms with Gasteiger partial charge in [-0.3, -0.25) is 30.2 Å². The summed E-state index contributed by atoms with van der Waals surface area (Å²) in [6.07, 6.45) is 9.91.